The lowest BCUT2D eigenvalue weighted by Crippen LogP contribution is -2.37. The first-order valence-corrected chi connectivity index (χ1v) is 10.2. The van der Waals surface area contributed by atoms with E-state index in [1.54, 1.807) is 14.2 Å². The third-order valence-electron chi connectivity index (χ3n) is 4.37. The van der Waals surface area contributed by atoms with Crippen LogP contribution in [0.4, 0.5) is 0 Å². The minimum Gasteiger partial charge on any atom is -0.492 e. The molecular weight excluding hydrogens is 483 g/mol. The van der Waals surface area contributed by atoms with E-state index in [0.29, 0.717) is 33.0 Å². The zero-order valence-corrected chi connectivity index (χ0v) is 20.7. The van der Waals surface area contributed by atoms with Crippen LogP contribution >= 0.6 is 24.0 Å². The van der Waals surface area contributed by atoms with Crippen LogP contribution in [0.2, 0.25) is 0 Å². The summed E-state index contributed by atoms with van der Waals surface area (Å²) < 4.78 is 16.2. The van der Waals surface area contributed by atoms with Gasteiger partial charge in [0.2, 0.25) is 0 Å². The Hall–Kier alpha value is -1.10. The van der Waals surface area contributed by atoms with Crippen LogP contribution in [0.15, 0.2) is 29.3 Å². The van der Waals surface area contributed by atoms with Gasteiger partial charge in [-0.1, -0.05) is 26.0 Å². The highest BCUT2D eigenvalue weighted by atomic mass is 127. The van der Waals surface area contributed by atoms with Gasteiger partial charge in [-0.3, -0.25) is 4.99 Å². The third-order valence-corrected chi connectivity index (χ3v) is 4.37. The lowest BCUT2D eigenvalue weighted by Gasteiger charge is -2.18. The molecule has 0 aliphatic carbocycles. The van der Waals surface area contributed by atoms with Crippen LogP contribution in [0.3, 0.4) is 0 Å². The number of methoxy groups -OCH3 is 1. The molecule has 1 rings (SSSR count). The first-order valence-electron chi connectivity index (χ1n) is 10.2. The van der Waals surface area contributed by atoms with E-state index in [1.165, 1.54) is 5.56 Å². The Balaban J connectivity index is 0.00000784. The number of hydrogen-bond donors (Lipinski definition) is 2. The molecule has 0 aliphatic heterocycles. The largest absolute Gasteiger partial charge is 0.492 e. The predicted molar refractivity (Wildman–Crippen MR) is 131 cm³/mol. The Morgan fingerprint density at radius 3 is 2.34 bits per heavy atom. The molecule has 168 valence electrons. The predicted octanol–water partition coefficient (Wildman–Crippen LogP) is 2.74. The van der Waals surface area contributed by atoms with Gasteiger partial charge >= 0.3 is 0 Å². The second-order valence-electron chi connectivity index (χ2n) is 6.33. The van der Waals surface area contributed by atoms with E-state index in [0.717, 1.165) is 44.3 Å². The van der Waals surface area contributed by atoms with Crippen LogP contribution < -0.4 is 15.4 Å². The van der Waals surface area contributed by atoms with Gasteiger partial charge in [-0.2, -0.15) is 0 Å². The molecule has 8 heteroatoms. The van der Waals surface area contributed by atoms with Crippen molar-refractivity contribution in [2.75, 3.05) is 66.8 Å². The SMILES string of the molecule is CCN(CC)CCOc1ccc(CNC(=NC)NCCCOCCOC)cc1.I. The number of halogens is 1. The van der Waals surface area contributed by atoms with Gasteiger partial charge in [-0.05, 0) is 37.2 Å². The molecule has 0 aromatic heterocycles. The Kier molecular flexibility index (Phi) is 18.2. The number of guanidine groups is 1. The fourth-order valence-corrected chi connectivity index (χ4v) is 2.57. The summed E-state index contributed by atoms with van der Waals surface area (Å²) in [6, 6.07) is 8.20. The van der Waals surface area contributed by atoms with E-state index in [9.17, 15) is 0 Å². The van der Waals surface area contributed by atoms with Gasteiger partial charge < -0.3 is 29.7 Å². The molecule has 0 bridgehead atoms. The van der Waals surface area contributed by atoms with Crippen molar-refractivity contribution in [1.82, 2.24) is 15.5 Å². The highest BCUT2D eigenvalue weighted by molar-refractivity contribution is 14.0. The van der Waals surface area contributed by atoms with Gasteiger partial charge in [0.15, 0.2) is 5.96 Å². The number of likely N-dealkylation sites (N-methyl/N-ethyl adjacent to an activating group) is 1. The molecule has 29 heavy (non-hydrogen) atoms. The zero-order chi connectivity index (χ0) is 20.5. The van der Waals surface area contributed by atoms with Gasteiger partial charge in [0.05, 0.1) is 13.2 Å². The van der Waals surface area contributed by atoms with E-state index in [4.69, 9.17) is 14.2 Å². The standard InChI is InChI=1S/C21H38N4O3.HI/c1-5-25(6-2)13-15-28-20-10-8-19(9-11-20)18-24-21(22-3)23-12-7-14-27-17-16-26-4;/h8-11H,5-7,12-18H2,1-4H3,(H2,22,23,24);1H. The molecule has 0 atom stereocenters. The summed E-state index contributed by atoms with van der Waals surface area (Å²) in [6.07, 6.45) is 0.921. The molecule has 0 unspecified atom stereocenters. The summed E-state index contributed by atoms with van der Waals surface area (Å²) in [5, 5.41) is 6.61. The summed E-state index contributed by atoms with van der Waals surface area (Å²) in [6.45, 7) is 11.6. The summed E-state index contributed by atoms with van der Waals surface area (Å²) in [5.74, 6) is 1.70. The van der Waals surface area contributed by atoms with Crippen LogP contribution in [0.25, 0.3) is 0 Å². The normalized spacial score (nSPS) is 11.3. The number of rotatable bonds is 15. The second kappa shape index (κ2) is 18.9. The van der Waals surface area contributed by atoms with Gasteiger partial charge in [0, 0.05) is 40.4 Å². The molecule has 0 saturated carbocycles. The molecule has 1 aromatic rings. The third kappa shape index (κ3) is 13.7. The molecule has 0 fully saturated rings. The van der Waals surface area contributed by atoms with Crippen LogP contribution in [0.1, 0.15) is 25.8 Å². The molecule has 0 spiro atoms. The van der Waals surface area contributed by atoms with Crippen molar-refractivity contribution in [2.45, 2.75) is 26.8 Å². The molecule has 7 nitrogen and oxygen atoms in total. The maximum absolute atomic E-state index is 5.82. The summed E-state index contributed by atoms with van der Waals surface area (Å²) in [4.78, 5) is 6.60. The van der Waals surface area contributed by atoms with Crippen molar-refractivity contribution in [3.63, 3.8) is 0 Å². The summed E-state index contributed by atoms with van der Waals surface area (Å²) >= 11 is 0. The number of hydrogen-bond acceptors (Lipinski definition) is 5. The van der Waals surface area contributed by atoms with E-state index in [1.807, 2.05) is 12.1 Å². The van der Waals surface area contributed by atoms with Crippen molar-refractivity contribution in [1.29, 1.82) is 0 Å². The monoisotopic (exact) mass is 522 g/mol. The van der Waals surface area contributed by atoms with Crippen molar-refractivity contribution in [2.24, 2.45) is 4.99 Å². The highest BCUT2D eigenvalue weighted by Gasteiger charge is 2.01. The second-order valence-corrected chi connectivity index (χ2v) is 6.33. The topological polar surface area (TPSA) is 67.4 Å². The average molecular weight is 522 g/mol. The van der Waals surface area contributed by atoms with Gasteiger partial charge in [-0.15, -0.1) is 24.0 Å². The maximum atomic E-state index is 5.82. The van der Waals surface area contributed by atoms with E-state index < -0.39 is 0 Å². The Morgan fingerprint density at radius 2 is 1.72 bits per heavy atom. The molecule has 0 aliphatic rings. The van der Waals surface area contributed by atoms with Gasteiger partial charge in [-0.25, -0.2) is 0 Å². The van der Waals surface area contributed by atoms with Gasteiger partial charge in [0.1, 0.15) is 12.4 Å². The molecule has 0 saturated heterocycles. The van der Waals surface area contributed by atoms with Crippen LogP contribution in [0.5, 0.6) is 5.75 Å². The smallest absolute Gasteiger partial charge is 0.191 e. The van der Waals surface area contributed by atoms with Crippen LogP contribution in [0, 0.1) is 0 Å². The van der Waals surface area contributed by atoms with E-state index in [-0.39, 0.29) is 24.0 Å². The van der Waals surface area contributed by atoms with Crippen molar-refractivity contribution < 1.29 is 14.2 Å². The molecular formula is C21H39IN4O3. The average Bonchev–Trinajstić information content (AvgIpc) is 2.73. The van der Waals surface area contributed by atoms with Crippen molar-refractivity contribution in [3.05, 3.63) is 29.8 Å². The fourth-order valence-electron chi connectivity index (χ4n) is 2.57. The number of aliphatic imine (C=N–C) groups is 1. The number of benzene rings is 1. The fraction of sp³-hybridized carbons (Fsp3) is 0.667. The van der Waals surface area contributed by atoms with E-state index >= 15 is 0 Å². The first kappa shape index (κ1) is 27.9. The molecule has 0 amide bonds. The Morgan fingerprint density at radius 1 is 1.00 bits per heavy atom. The number of nitrogens with one attached hydrogen (secondary N) is 2. The lowest BCUT2D eigenvalue weighted by atomic mass is 10.2. The van der Waals surface area contributed by atoms with Gasteiger partial charge in [0.25, 0.3) is 0 Å². The summed E-state index contributed by atoms with van der Waals surface area (Å²) in [5.41, 5.74) is 1.18. The van der Waals surface area contributed by atoms with Crippen molar-refractivity contribution >= 4 is 29.9 Å². The highest BCUT2D eigenvalue weighted by Crippen LogP contribution is 2.12. The molecule has 2 N–H and O–H groups in total. The van der Waals surface area contributed by atoms with Crippen LogP contribution in [-0.4, -0.2) is 77.6 Å². The first-order chi connectivity index (χ1) is 13.7. The Labute approximate surface area is 193 Å². The molecule has 0 radical (unpaired) electrons. The summed E-state index contributed by atoms with van der Waals surface area (Å²) in [7, 11) is 3.45. The minimum atomic E-state index is 0. The Bertz CT molecular complexity index is 525. The molecule has 0 heterocycles. The minimum absolute atomic E-state index is 0. The lowest BCUT2D eigenvalue weighted by molar-refractivity contribution is 0.0698. The number of nitrogens with zero attached hydrogens (tertiary/aromatic N) is 2. The van der Waals surface area contributed by atoms with Crippen molar-refractivity contribution in [3.8, 4) is 5.75 Å². The quantitative estimate of drug-likeness (QED) is 0.160. The number of ether oxygens (including phenoxy) is 3. The molecule has 1 aromatic carbocycles. The maximum Gasteiger partial charge on any atom is 0.191 e. The van der Waals surface area contributed by atoms with Crippen LogP contribution in [-0.2, 0) is 16.0 Å². The van der Waals surface area contributed by atoms with E-state index in [2.05, 4.69) is 46.5 Å². The zero-order valence-electron chi connectivity index (χ0n) is 18.4.